The Kier molecular flexibility index (Phi) is 3.45. The average Bonchev–Trinajstić information content (AvgIpc) is 2.76. The van der Waals surface area contributed by atoms with Gasteiger partial charge in [-0.2, -0.15) is 0 Å². The maximum Gasteiger partial charge on any atom is 0.0612 e. The van der Waals surface area contributed by atoms with Gasteiger partial charge in [0, 0.05) is 20.8 Å². The van der Waals surface area contributed by atoms with E-state index in [-0.39, 0.29) is 10.8 Å². The maximum atomic E-state index is 3.72. The zero-order valence-electron chi connectivity index (χ0n) is 14.3. The number of benzene rings is 2. The van der Waals surface area contributed by atoms with Crippen molar-refractivity contribution in [3.8, 4) is 0 Å². The molecule has 0 bridgehead atoms. The molecule has 3 aromatic rings. The molecular formula is C20H24BrN. The van der Waals surface area contributed by atoms with Gasteiger partial charge in [0.15, 0.2) is 0 Å². The van der Waals surface area contributed by atoms with Crippen LogP contribution in [-0.4, -0.2) is 4.98 Å². The fourth-order valence-corrected chi connectivity index (χ4v) is 3.70. The second-order valence-electron chi connectivity index (χ2n) is 8.20. The molecular weight excluding hydrogens is 334 g/mol. The Balaban J connectivity index is 2.59. The van der Waals surface area contributed by atoms with Gasteiger partial charge in [0.05, 0.1) is 5.52 Å². The van der Waals surface area contributed by atoms with Crippen LogP contribution in [0.1, 0.15) is 52.7 Å². The lowest BCUT2D eigenvalue weighted by Gasteiger charge is -2.24. The summed E-state index contributed by atoms with van der Waals surface area (Å²) < 4.78 is 1.13. The van der Waals surface area contributed by atoms with Crippen molar-refractivity contribution in [1.82, 2.24) is 4.98 Å². The van der Waals surface area contributed by atoms with Gasteiger partial charge in [-0.1, -0.05) is 59.7 Å². The molecule has 3 rings (SSSR count). The third kappa shape index (κ3) is 2.38. The molecule has 0 fully saturated rings. The van der Waals surface area contributed by atoms with Gasteiger partial charge >= 0.3 is 0 Å². The zero-order chi connectivity index (χ0) is 16.3. The Morgan fingerprint density at radius 3 is 1.95 bits per heavy atom. The highest BCUT2D eigenvalue weighted by atomic mass is 79.9. The molecule has 2 heteroatoms. The van der Waals surface area contributed by atoms with E-state index in [1.807, 2.05) is 0 Å². The number of nitrogens with one attached hydrogen (secondary N) is 1. The Morgan fingerprint density at radius 2 is 1.36 bits per heavy atom. The van der Waals surface area contributed by atoms with Gasteiger partial charge in [-0.15, -0.1) is 0 Å². The fraction of sp³-hybridized carbons (Fsp3) is 0.400. The van der Waals surface area contributed by atoms with Crippen LogP contribution >= 0.6 is 15.9 Å². The minimum Gasteiger partial charge on any atom is -0.354 e. The van der Waals surface area contributed by atoms with Crippen LogP contribution < -0.4 is 0 Å². The number of rotatable bonds is 0. The van der Waals surface area contributed by atoms with Crippen molar-refractivity contribution in [2.24, 2.45) is 0 Å². The Hall–Kier alpha value is -1.28. The predicted molar refractivity (Wildman–Crippen MR) is 101 cm³/mol. The van der Waals surface area contributed by atoms with Gasteiger partial charge in [-0.3, -0.25) is 0 Å². The first-order chi connectivity index (χ1) is 10.1. The zero-order valence-corrected chi connectivity index (χ0v) is 15.9. The van der Waals surface area contributed by atoms with Crippen LogP contribution in [0.5, 0.6) is 0 Å². The predicted octanol–water partition coefficient (Wildman–Crippen LogP) is 6.68. The summed E-state index contributed by atoms with van der Waals surface area (Å²) in [5, 5.41) is 2.73. The van der Waals surface area contributed by atoms with E-state index in [1.54, 1.807) is 0 Å². The molecule has 0 atom stereocenters. The maximum absolute atomic E-state index is 3.72. The summed E-state index contributed by atoms with van der Waals surface area (Å²) in [7, 11) is 0. The van der Waals surface area contributed by atoms with E-state index < -0.39 is 0 Å². The van der Waals surface area contributed by atoms with Crippen molar-refractivity contribution in [2.45, 2.75) is 52.4 Å². The van der Waals surface area contributed by atoms with Gasteiger partial charge in [-0.05, 0) is 50.0 Å². The number of halogens is 1. The molecule has 0 aliphatic heterocycles. The molecule has 0 saturated carbocycles. The molecule has 2 aromatic carbocycles. The van der Waals surface area contributed by atoms with E-state index in [0.29, 0.717) is 0 Å². The largest absolute Gasteiger partial charge is 0.354 e. The molecule has 1 N–H and O–H groups in total. The monoisotopic (exact) mass is 357 g/mol. The fourth-order valence-electron chi connectivity index (χ4n) is 3.27. The first kappa shape index (κ1) is 15.6. The van der Waals surface area contributed by atoms with Crippen LogP contribution in [-0.2, 0) is 10.8 Å². The lowest BCUT2D eigenvalue weighted by atomic mass is 9.80. The normalized spacial score (nSPS) is 13.2. The number of fused-ring (bicyclic) bond motifs is 3. The summed E-state index contributed by atoms with van der Waals surface area (Å²) in [5.74, 6) is 0. The van der Waals surface area contributed by atoms with E-state index in [1.165, 1.54) is 32.9 Å². The molecule has 1 aromatic heterocycles. The van der Waals surface area contributed by atoms with Gasteiger partial charge in [0.2, 0.25) is 0 Å². The standard InChI is InChI=1S/C20H24BrN/c1-19(2,3)12-8-7-9-15-16(12)17-13(20(4,5)6)10-11-14(21)18(17)22-15/h7-11,22H,1-6H3. The topological polar surface area (TPSA) is 15.8 Å². The van der Waals surface area contributed by atoms with Crippen molar-refractivity contribution >= 4 is 37.7 Å². The van der Waals surface area contributed by atoms with Crippen LogP contribution in [0.3, 0.4) is 0 Å². The summed E-state index contributed by atoms with van der Waals surface area (Å²) in [4.78, 5) is 3.62. The van der Waals surface area contributed by atoms with E-state index in [9.17, 15) is 0 Å². The Labute approximate surface area is 141 Å². The highest BCUT2D eigenvalue weighted by Gasteiger charge is 2.25. The van der Waals surface area contributed by atoms with Crippen molar-refractivity contribution in [2.75, 3.05) is 0 Å². The number of hydrogen-bond acceptors (Lipinski definition) is 0. The van der Waals surface area contributed by atoms with Crippen molar-refractivity contribution in [3.63, 3.8) is 0 Å². The van der Waals surface area contributed by atoms with Crippen molar-refractivity contribution < 1.29 is 0 Å². The molecule has 0 spiro atoms. The number of aromatic amines is 1. The minimum atomic E-state index is 0.110. The van der Waals surface area contributed by atoms with E-state index in [4.69, 9.17) is 0 Å². The SMILES string of the molecule is CC(C)(C)c1cccc2[nH]c3c(Br)ccc(C(C)(C)C)c3c12. The second kappa shape index (κ2) is 4.86. The third-order valence-corrected chi connectivity index (χ3v) is 5.01. The molecule has 0 amide bonds. The highest BCUT2D eigenvalue weighted by Crippen LogP contribution is 2.42. The molecule has 22 heavy (non-hydrogen) atoms. The lowest BCUT2D eigenvalue weighted by Crippen LogP contribution is -2.13. The van der Waals surface area contributed by atoms with E-state index in [0.717, 1.165) is 4.47 Å². The van der Waals surface area contributed by atoms with Gasteiger partial charge in [-0.25, -0.2) is 0 Å². The summed E-state index contributed by atoms with van der Waals surface area (Å²) in [5.41, 5.74) is 5.46. The summed E-state index contributed by atoms with van der Waals surface area (Å²) in [6, 6.07) is 11.0. The minimum absolute atomic E-state index is 0.110. The van der Waals surface area contributed by atoms with Crippen molar-refractivity contribution in [3.05, 3.63) is 45.9 Å². The van der Waals surface area contributed by atoms with E-state index >= 15 is 0 Å². The molecule has 0 aliphatic carbocycles. The number of aromatic nitrogens is 1. The molecule has 116 valence electrons. The molecule has 0 aliphatic rings. The van der Waals surface area contributed by atoms with E-state index in [2.05, 4.69) is 92.8 Å². The molecule has 0 radical (unpaired) electrons. The molecule has 0 unspecified atom stereocenters. The van der Waals surface area contributed by atoms with Gasteiger partial charge in [0.25, 0.3) is 0 Å². The summed E-state index contributed by atoms with van der Waals surface area (Å²) in [6.45, 7) is 13.7. The average molecular weight is 358 g/mol. The quantitative estimate of drug-likeness (QED) is 0.461. The highest BCUT2D eigenvalue weighted by molar-refractivity contribution is 9.10. The smallest absolute Gasteiger partial charge is 0.0612 e. The van der Waals surface area contributed by atoms with Crippen LogP contribution in [0.4, 0.5) is 0 Å². The Bertz CT molecular complexity index is 857. The number of hydrogen-bond donors (Lipinski definition) is 1. The first-order valence-corrected chi connectivity index (χ1v) is 8.64. The Morgan fingerprint density at radius 1 is 0.773 bits per heavy atom. The second-order valence-corrected chi connectivity index (χ2v) is 9.05. The number of H-pyrrole nitrogens is 1. The van der Waals surface area contributed by atoms with Crippen LogP contribution in [0.15, 0.2) is 34.8 Å². The van der Waals surface area contributed by atoms with Gasteiger partial charge in [0.1, 0.15) is 0 Å². The van der Waals surface area contributed by atoms with Crippen molar-refractivity contribution in [1.29, 1.82) is 0 Å². The van der Waals surface area contributed by atoms with Crippen LogP contribution in [0.25, 0.3) is 21.8 Å². The van der Waals surface area contributed by atoms with Gasteiger partial charge < -0.3 is 4.98 Å². The first-order valence-electron chi connectivity index (χ1n) is 7.84. The lowest BCUT2D eigenvalue weighted by molar-refractivity contribution is 0.592. The third-order valence-electron chi connectivity index (χ3n) is 4.34. The molecule has 1 heterocycles. The molecule has 0 saturated heterocycles. The summed E-state index contributed by atoms with van der Waals surface area (Å²) >= 11 is 3.72. The summed E-state index contributed by atoms with van der Waals surface area (Å²) in [6.07, 6.45) is 0. The van der Waals surface area contributed by atoms with Crippen LogP contribution in [0.2, 0.25) is 0 Å². The molecule has 1 nitrogen and oxygen atoms in total. The van der Waals surface area contributed by atoms with Crippen LogP contribution in [0, 0.1) is 0 Å².